The molecule has 3 atom stereocenters. The molecule has 130 valence electrons. The van der Waals surface area contributed by atoms with E-state index in [1.165, 1.54) is 0 Å². The zero-order valence-electron chi connectivity index (χ0n) is 13.8. The van der Waals surface area contributed by atoms with Gasteiger partial charge in [0.2, 0.25) is 11.8 Å². The summed E-state index contributed by atoms with van der Waals surface area (Å²) in [6, 6.07) is -0.413. The molecule has 2 aliphatic rings. The van der Waals surface area contributed by atoms with Crippen molar-refractivity contribution in [1.29, 1.82) is 0 Å². The Morgan fingerprint density at radius 3 is 2.57 bits per heavy atom. The standard InChI is InChI=1S/C16H26N2O4S/c1-10(2)5-6-17-14(19)13-8-23-9-18(13)15(20)11-3-4-12(7-11)16(21)22/h10-13H,3-9H2,1-2H3,(H,17,19)(H,21,22)/t11-,12+,13?/m1/s1. The van der Waals surface area contributed by atoms with Gasteiger partial charge in [-0.15, -0.1) is 11.8 Å². The highest BCUT2D eigenvalue weighted by Crippen LogP contribution is 2.34. The lowest BCUT2D eigenvalue weighted by molar-refractivity contribution is -0.143. The fourth-order valence-corrected chi connectivity index (χ4v) is 4.31. The molecule has 2 rings (SSSR count). The second-order valence-electron chi connectivity index (χ2n) is 6.84. The third kappa shape index (κ3) is 4.62. The first kappa shape index (κ1) is 18.1. The Balaban J connectivity index is 1.89. The van der Waals surface area contributed by atoms with E-state index in [1.807, 2.05) is 0 Å². The zero-order chi connectivity index (χ0) is 17.0. The van der Waals surface area contributed by atoms with Crippen LogP contribution in [0.5, 0.6) is 0 Å². The van der Waals surface area contributed by atoms with E-state index < -0.39 is 17.9 Å². The second-order valence-corrected chi connectivity index (χ2v) is 7.84. The van der Waals surface area contributed by atoms with Crippen LogP contribution in [0.2, 0.25) is 0 Å². The number of hydrogen-bond acceptors (Lipinski definition) is 4. The van der Waals surface area contributed by atoms with Crippen LogP contribution in [0.4, 0.5) is 0 Å². The van der Waals surface area contributed by atoms with Crippen molar-refractivity contribution in [3.8, 4) is 0 Å². The molecular formula is C16H26N2O4S. The van der Waals surface area contributed by atoms with Crippen molar-refractivity contribution >= 4 is 29.5 Å². The molecular weight excluding hydrogens is 316 g/mol. The molecule has 0 radical (unpaired) electrons. The Morgan fingerprint density at radius 1 is 1.26 bits per heavy atom. The van der Waals surface area contributed by atoms with Crippen LogP contribution in [-0.4, -0.2) is 52.0 Å². The summed E-state index contributed by atoms with van der Waals surface area (Å²) < 4.78 is 0. The maximum absolute atomic E-state index is 12.7. The maximum Gasteiger partial charge on any atom is 0.306 e. The van der Waals surface area contributed by atoms with Gasteiger partial charge in [0.05, 0.1) is 11.8 Å². The lowest BCUT2D eigenvalue weighted by atomic mass is 10.0. The van der Waals surface area contributed by atoms with Crippen LogP contribution in [0, 0.1) is 17.8 Å². The van der Waals surface area contributed by atoms with E-state index >= 15 is 0 Å². The molecule has 1 heterocycles. The molecule has 2 amide bonds. The van der Waals surface area contributed by atoms with Crippen LogP contribution in [0.15, 0.2) is 0 Å². The smallest absolute Gasteiger partial charge is 0.306 e. The molecule has 0 aromatic heterocycles. The van der Waals surface area contributed by atoms with Gasteiger partial charge >= 0.3 is 5.97 Å². The highest BCUT2D eigenvalue weighted by atomic mass is 32.2. The van der Waals surface area contributed by atoms with Gasteiger partial charge in [0.15, 0.2) is 0 Å². The number of thioether (sulfide) groups is 1. The SMILES string of the molecule is CC(C)CCNC(=O)C1CSCN1C(=O)[C@@H]1CC[C@H](C(=O)O)C1. The first-order chi connectivity index (χ1) is 10.9. The lowest BCUT2D eigenvalue weighted by Gasteiger charge is -2.26. The molecule has 0 spiro atoms. The maximum atomic E-state index is 12.7. The predicted octanol–water partition coefficient (Wildman–Crippen LogP) is 1.55. The molecule has 1 aliphatic heterocycles. The zero-order valence-corrected chi connectivity index (χ0v) is 14.6. The van der Waals surface area contributed by atoms with Crippen molar-refractivity contribution in [2.45, 2.75) is 45.6 Å². The van der Waals surface area contributed by atoms with Gasteiger partial charge in [-0.05, 0) is 31.6 Å². The Kier molecular flexibility index (Phi) is 6.33. The molecule has 7 heteroatoms. The average molecular weight is 342 g/mol. The van der Waals surface area contributed by atoms with Gasteiger partial charge in [0.1, 0.15) is 6.04 Å². The van der Waals surface area contributed by atoms with Gasteiger partial charge < -0.3 is 15.3 Å². The van der Waals surface area contributed by atoms with E-state index in [0.29, 0.717) is 43.4 Å². The van der Waals surface area contributed by atoms with Crippen LogP contribution < -0.4 is 5.32 Å². The Labute approximate surface area is 141 Å². The van der Waals surface area contributed by atoms with Gasteiger partial charge in [-0.1, -0.05) is 13.8 Å². The van der Waals surface area contributed by atoms with E-state index in [1.54, 1.807) is 16.7 Å². The van der Waals surface area contributed by atoms with Crippen molar-refractivity contribution in [3.05, 3.63) is 0 Å². The summed E-state index contributed by atoms with van der Waals surface area (Å²) in [4.78, 5) is 37.7. The fourth-order valence-electron chi connectivity index (χ4n) is 3.14. The lowest BCUT2D eigenvalue weighted by Crippen LogP contribution is -2.49. The summed E-state index contributed by atoms with van der Waals surface area (Å²) in [5.41, 5.74) is 0. The average Bonchev–Trinajstić information content (AvgIpc) is 3.15. The summed E-state index contributed by atoms with van der Waals surface area (Å²) in [7, 11) is 0. The molecule has 0 aromatic carbocycles. The molecule has 23 heavy (non-hydrogen) atoms. The third-order valence-electron chi connectivity index (χ3n) is 4.62. The van der Waals surface area contributed by atoms with Crippen molar-refractivity contribution in [2.24, 2.45) is 17.8 Å². The number of carbonyl (C=O) groups excluding carboxylic acids is 2. The minimum atomic E-state index is -0.820. The van der Waals surface area contributed by atoms with Crippen LogP contribution in [-0.2, 0) is 14.4 Å². The number of aliphatic carboxylic acids is 1. The summed E-state index contributed by atoms with van der Waals surface area (Å²) in [6.45, 7) is 4.84. The third-order valence-corrected chi connectivity index (χ3v) is 5.63. The normalized spacial score (nSPS) is 27.4. The van der Waals surface area contributed by atoms with Crippen LogP contribution >= 0.6 is 11.8 Å². The van der Waals surface area contributed by atoms with Gasteiger partial charge in [-0.3, -0.25) is 14.4 Å². The molecule has 1 unspecified atom stereocenters. The Morgan fingerprint density at radius 2 is 1.96 bits per heavy atom. The topological polar surface area (TPSA) is 86.7 Å². The first-order valence-corrected chi connectivity index (χ1v) is 9.44. The van der Waals surface area contributed by atoms with E-state index in [4.69, 9.17) is 5.11 Å². The minimum Gasteiger partial charge on any atom is -0.481 e. The van der Waals surface area contributed by atoms with E-state index in [0.717, 1.165) is 6.42 Å². The summed E-state index contributed by atoms with van der Waals surface area (Å²) in [6.07, 6.45) is 2.48. The highest BCUT2D eigenvalue weighted by molar-refractivity contribution is 7.99. The molecule has 1 saturated heterocycles. The van der Waals surface area contributed by atoms with Gasteiger partial charge in [-0.2, -0.15) is 0 Å². The molecule has 1 saturated carbocycles. The van der Waals surface area contributed by atoms with Crippen molar-refractivity contribution in [1.82, 2.24) is 10.2 Å². The number of nitrogens with zero attached hydrogens (tertiary/aromatic N) is 1. The van der Waals surface area contributed by atoms with Crippen LogP contribution in [0.1, 0.15) is 39.5 Å². The molecule has 0 aromatic rings. The second kappa shape index (κ2) is 8.04. The monoisotopic (exact) mass is 342 g/mol. The largest absolute Gasteiger partial charge is 0.481 e. The summed E-state index contributed by atoms with van der Waals surface area (Å²) in [5.74, 6) is 0.0401. The minimum absolute atomic E-state index is 0.0530. The van der Waals surface area contributed by atoms with Crippen LogP contribution in [0.25, 0.3) is 0 Å². The molecule has 0 bridgehead atoms. The summed E-state index contributed by atoms with van der Waals surface area (Å²) >= 11 is 1.58. The fraction of sp³-hybridized carbons (Fsp3) is 0.812. The van der Waals surface area contributed by atoms with E-state index in [2.05, 4.69) is 19.2 Å². The number of nitrogens with one attached hydrogen (secondary N) is 1. The van der Waals surface area contributed by atoms with Gasteiger partial charge in [0, 0.05) is 18.2 Å². The van der Waals surface area contributed by atoms with E-state index in [-0.39, 0.29) is 17.7 Å². The number of rotatable bonds is 6. The Bertz CT molecular complexity index is 469. The molecule has 6 nitrogen and oxygen atoms in total. The molecule has 2 N–H and O–H groups in total. The van der Waals surface area contributed by atoms with Crippen molar-refractivity contribution in [2.75, 3.05) is 18.2 Å². The highest BCUT2D eigenvalue weighted by Gasteiger charge is 2.41. The van der Waals surface area contributed by atoms with E-state index in [9.17, 15) is 14.4 Å². The van der Waals surface area contributed by atoms with Crippen molar-refractivity contribution < 1.29 is 19.5 Å². The predicted molar refractivity (Wildman–Crippen MR) is 88.9 cm³/mol. The number of hydrogen-bond donors (Lipinski definition) is 2. The first-order valence-electron chi connectivity index (χ1n) is 8.29. The molecule has 1 aliphatic carbocycles. The van der Waals surface area contributed by atoms with Crippen molar-refractivity contribution in [3.63, 3.8) is 0 Å². The number of carboxylic acid groups (broad SMARTS) is 1. The number of amides is 2. The van der Waals surface area contributed by atoms with Gasteiger partial charge in [-0.25, -0.2) is 0 Å². The Hall–Kier alpha value is -1.24. The van der Waals surface area contributed by atoms with Gasteiger partial charge in [0.25, 0.3) is 0 Å². The summed E-state index contributed by atoms with van der Waals surface area (Å²) in [5, 5.41) is 12.0. The molecule has 2 fully saturated rings. The number of carboxylic acids is 1. The number of carbonyl (C=O) groups is 3. The van der Waals surface area contributed by atoms with Crippen LogP contribution in [0.3, 0.4) is 0 Å². The quantitative estimate of drug-likeness (QED) is 0.765.